The summed E-state index contributed by atoms with van der Waals surface area (Å²) in [7, 11) is 1.36. The van der Waals surface area contributed by atoms with Crippen LogP contribution in [0.3, 0.4) is 0 Å². The number of nitrogens with zero attached hydrogens (tertiary/aromatic N) is 1. The highest BCUT2D eigenvalue weighted by Gasteiger charge is 2.16. The van der Waals surface area contributed by atoms with Gasteiger partial charge in [0.25, 0.3) is 0 Å². The van der Waals surface area contributed by atoms with Crippen molar-refractivity contribution in [2.24, 2.45) is 0 Å². The van der Waals surface area contributed by atoms with E-state index in [0.29, 0.717) is 6.04 Å². The Bertz CT molecular complexity index is 514. The molecule has 23 heavy (non-hydrogen) atoms. The summed E-state index contributed by atoms with van der Waals surface area (Å²) in [5.74, 6) is 0.417. The van der Waals surface area contributed by atoms with Crippen molar-refractivity contribution in [2.45, 2.75) is 33.4 Å². The first-order chi connectivity index (χ1) is 10.5. The molecule has 1 saturated heterocycles. The van der Waals surface area contributed by atoms with Crippen LogP contribution in [0.1, 0.15) is 23.6 Å². The summed E-state index contributed by atoms with van der Waals surface area (Å²) in [6.45, 7) is 10.3. The van der Waals surface area contributed by atoms with Gasteiger partial charge in [-0.15, -0.1) is 12.4 Å². The van der Waals surface area contributed by atoms with Crippen LogP contribution in [0.25, 0.3) is 0 Å². The number of benzene rings is 1. The van der Waals surface area contributed by atoms with Crippen LogP contribution in [0.2, 0.25) is 0 Å². The van der Waals surface area contributed by atoms with Crippen LogP contribution in [-0.4, -0.2) is 50.3 Å². The van der Waals surface area contributed by atoms with Gasteiger partial charge in [0, 0.05) is 32.2 Å². The van der Waals surface area contributed by atoms with Gasteiger partial charge in [-0.05, 0) is 37.5 Å². The number of hydrogen-bond acceptors (Lipinski definition) is 5. The smallest absolute Gasteiger partial charge is 0.343 e. The number of halogens is 1. The van der Waals surface area contributed by atoms with E-state index in [1.807, 2.05) is 13.8 Å². The zero-order valence-electron chi connectivity index (χ0n) is 14.3. The lowest BCUT2D eigenvalue weighted by atomic mass is 10.0. The Kier molecular flexibility index (Phi) is 7.82. The summed E-state index contributed by atoms with van der Waals surface area (Å²) >= 11 is 0. The molecule has 1 N–H and O–H groups in total. The molecule has 0 bridgehead atoms. The van der Waals surface area contributed by atoms with Crippen LogP contribution < -0.4 is 10.1 Å². The van der Waals surface area contributed by atoms with Crippen molar-refractivity contribution < 1.29 is 14.3 Å². The number of nitrogens with one attached hydrogen (secondary N) is 1. The van der Waals surface area contributed by atoms with E-state index in [4.69, 9.17) is 4.74 Å². The molecule has 0 aromatic heterocycles. The van der Waals surface area contributed by atoms with Crippen LogP contribution >= 0.6 is 12.4 Å². The van der Waals surface area contributed by atoms with E-state index in [-0.39, 0.29) is 25.0 Å². The van der Waals surface area contributed by atoms with Crippen LogP contribution in [-0.2, 0) is 16.1 Å². The molecule has 0 radical (unpaired) electrons. The van der Waals surface area contributed by atoms with Crippen molar-refractivity contribution in [3.63, 3.8) is 0 Å². The first-order valence-electron chi connectivity index (χ1n) is 7.75. The van der Waals surface area contributed by atoms with E-state index >= 15 is 0 Å². The summed E-state index contributed by atoms with van der Waals surface area (Å²) in [6.07, 6.45) is 0. The van der Waals surface area contributed by atoms with Crippen molar-refractivity contribution in [3.05, 3.63) is 28.8 Å². The van der Waals surface area contributed by atoms with Gasteiger partial charge in [0.1, 0.15) is 5.75 Å². The summed E-state index contributed by atoms with van der Waals surface area (Å²) in [5, 5.41) is 3.46. The average Bonchev–Trinajstić information content (AvgIpc) is 2.46. The Labute approximate surface area is 144 Å². The van der Waals surface area contributed by atoms with Crippen molar-refractivity contribution in [1.29, 1.82) is 0 Å². The van der Waals surface area contributed by atoms with Crippen LogP contribution in [0, 0.1) is 13.8 Å². The minimum atomic E-state index is -0.363. The highest BCUT2D eigenvalue weighted by Crippen LogP contribution is 2.25. The SMILES string of the molecule is COC(=O)COc1c(C)cc(CN2CCN[C@@H](C)C2)cc1C.Cl. The Hall–Kier alpha value is -1.30. The highest BCUT2D eigenvalue weighted by atomic mass is 35.5. The van der Waals surface area contributed by atoms with E-state index in [2.05, 4.69) is 34.0 Å². The number of ether oxygens (including phenoxy) is 2. The molecule has 1 aromatic rings. The van der Waals surface area contributed by atoms with E-state index in [1.165, 1.54) is 12.7 Å². The normalized spacial score (nSPS) is 18.2. The van der Waals surface area contributed by atoms with Gasteiger partial charge in [-0.2, -0.15) is 0 Å². The monoisotopic (exact) mass is 342 g/mol. The van der Waals surface area contributed by atoms with Gasteiger partial charge in [-0.1, -0.05) is 12.1 Å². The fourth-order valence-electron chi connectivity index (χ4n) is 2.96. The lowest BCUT2D eigenvalue weighted by molar-refractivity contribution is -0.142. The third-order valence-electron chi connectivity index (χ3n) is 3.94. The Morgan fingerprint density at radius 2 is 2.00 bits per heavy atom. The zero-order chi connectivity index (χ0) is 16.1. The number of methoxy groups -OCH3 is 1. The van der Waals surface area contributed by atoms with Crippen molar-refractivity contribution in [3.8, 4) is 5.75 Å². The van der Waals surface area contributed by atoms with E-state index in [0.717, 1.165) is 43.1 Å². The average molecular weight is 343 g/mol. The van der Waals surface area contributed by atoms with E-state index in [9.17, 15) is 4.79 Å². The molecule has 1 heterocycles. The number of esters is 1. The molecule has 1 aromatic carbocycles. The summed E-state index contributed by atoms with van der Waals surface area (Å²) in [5.41, 5.74) is 3.40. The van der Waals surface area contributed by atoms with Gasteiger partial charge < -0.3 is 14.8 Å². The number of aryl methyl sites for hydroxylation is 2. The van der Waals surface area contributed by atoms with Gasteiger partial charge in [0.2, 0.25) is 0 Å². The maximum absolute atomic E-state index is 11.2. The molecule has 0 saturated carbocycles. The number of rotatable bonds is 5. The third kappa shape index (κ3) is 5.68. The molecular formula is C17H27ClN2O3. The van der Waals surface area contributed by atoms with Crippen molar-refractivity contribution in [1.82, 2.24) is 10.2 Å². The third-order valence-corrected chi connectivity index (χ3v) is 3.94. The number of carbonyl (C=O) groups is 1. The molecule has 0 unspecified atom stereocenters. The maximum Gasteiger partial charge on any atom is 0.343 e. The number of carbonyl (C=O) groups excluding carboxylic acids is 1. The lowest BCUT2D eigenvalue weighted by Crippen LogP contribution is -2.48. The highest BCUT2D eigenvalue weighted by molar-refractivity contribution is 5.85. The molecule has 0 aliphatic carbocycles. The molecule has 6 heteroatoms. The Balaban J connectivity index is 0.00000264. The molecule has 0 spiro atoms. The Morgan fingerprint density at radius 1 is 1.35 bits per heavy atom. The van der Waals surface area contributed by atoms with Gasteiger partial charge in [0.15, 0.2) is 6.61 Å². The molecule has 1 aliphatic heterocycles. The minimum absolute atomic E-state index is 0. The summed E-state index contributed by atoms with van der Waals surface area (Å²) in [4.78, 5) is 13.7. The summed E-state index contributed by atoms with van der Waals surface area (Å²) in [6, 6.07) is 4.83. The fraction of sp³-hybridized carbons (Fsp3) is 0.588. The van der Waals surface area contributed by atoms with Crippen LogP contribution in [0.4, 0.5) is 0 Å². The first kappa shape index (κ1) is 19.7. The molecular weight excluding hydrogens is 316 g/mol. The molecule has 1 atom stereocenters. The van der Waals surface area contributed by atoms with Gasteiger partial charge in [-0.25, -0.2) is 4.79 Å². The first-order valence-corrected chi connectivity index (χ1v) is 7.75. The molecule has 0 amide bonds. The predicted octanol–water partition coefficient (Wildman–Crippen LogP) is 2.07. The maximum atomic E-state index is 11.2. The lowest BCUT2D eigenvalue weighted by Gasteiger charge is -2.32. The number of piperazine rings is 1. The molecule has 1 aliphatic rings. The molecule has 5 nitrogen and oxygen atoms in total. The second-order valence-electron chi connectivity index (χ2n) is 6.01. The summed E-state index contributed by atoms with van der Waals surface area (Å²) < 4.78 is 10.2. The fourth-order valence-corrected chi connectivity index (χ4v) is 2.96. The van der Waals surface area contributed by atoms with Gasteiger partial charge >= 0.3 is 5.97 Å². The van der Waals surface area contributed by atoms with Crippen molar-refractivity contribution in [2.75, 3.05) is 33.4 Å². The topological polar surface area (TPSA) is 50.8 Å². The largest absolute Gasteiger partial charge is 0.481 e. The molecule has 2 rings (SSSR count). The molecule has 1 fully saturated rings. The zero-order valence-corrected chi connectivity index (χ0v) is 15.2. The van der Waals surface area contributed by atoms with Gasteiger partial charge in [0.05, 0.1) is 7.11 Å². The van der Waals surface area contributed by atoms with Crippen LogP contribution in [0.5, 0.6) is 5.75 Å². The minimum Gasteiger partial charge on any atom is -0.481 e. The van der Waals surface area contributed by atoms with Gasteiger partial charge in [-0.3, -0.25) is 4.90 Å². The van der Waals surface area contributed by atoms with E-state index < -0.39 is 0 Å². The second-order valence-corrected chi connectivity index (χ2v) is 6.01. The molecule has 130 valence electrons. The Morgan fingerprint density at radius 3 is 2.57 bits per heavy atom. The van der Waals surface area contributed by atoms with E-state index in [1.54, 1.807) is 0 Å². The second kappa shape index (κ2) is 9.11. The predicted molar refractivity (Wildman–Crippen MR) is 93.4 cm³/mol. The standard InChI is InChI=1S/C17H26N2O3.ClH/c1-12-7-15(10-19-6-5-18-14(3)9-19)8-13(2)17(12)22-11-16(20)21-4;/h7-8,14,18H,5-6,9-11H2,1-4H3;1H/t14-;/m0./s1. The number of hydrogen-bond donors (Lipinski definition) is 1. The quantitative estimate of drug-likeness (QED) is 0.830. The van der Waals surface area contributed by atoms with Crippen molar-refractivity contribution >= 4 is 18.4 Å². The van der Waals surface area contributed by atoms with Crippen LogP contribution in [0.15, 0.2) is 12.1 Å².